The highest BCUT2D eigenvalue weighted by molar-refractivity contribution is 7.09. The van der Waals surface area contributed by atoms with E-state index in [9.17, 15) is 14.4 Å². The van der Waals surface area contributed by atoms with E-state index in [2.05, 4.69) is 4.98 Å². The van der Waals surface area contributed by atoms with Gasteiger partial charge in [0.1, 0.15) is 11.2 Å². The molecule has 146 valence electrons. The summed E-state index contributed by atoms with van der Waals surface area (Å²) in [5.41, 5.74) is 0.552. The molecule has 2 aliphatic heterocycles. The van der Waals surface area contributed by atoms with Gasteiger partial charge in [-0.3, -0.25) is 14.5 Å². The fourth-order valence-electron chi connectivity index (χ4n) is 4.05. The first-order valence-corrected chi connectivity index (χ1v) is 10.2. The lowest BCUT2D eigenvalue weighted by Gasteiger charge is -2.42. The van der Waals surface area contributed by atoms with E-state index in [0.717, 1.165) is 10.6 Å². The number of carbonyl (C=O) groups is 3. The summed E-state index contributed by atoms with van der Waals surface area (Å²) in [4.78, 5) is 47.4. The highest BCUT2D eigenvalue weighted by atomic mass is 32.1. The molecular formula is C20H22N4O3S. The molecule has 0 radical (unpaired) electrons. The fourth-order valence-corrected chi connectivity index (χ4v) is 4.64. The van der Waals surface area contributed by atoms with E-state index >= 15 is 0 Å². The van der Waals surface area contributed by atoms with Crippen molar-refractivity contribution >= 4 is 29.2 Å². The van der Waals surface area contributed by atoms with Crippen molar-refractivity contribution in [3.8, 4) is 0 Å². The fraction of sp³-hybridized carbons (Fsp3) is 0.400. The molecule has 7 nitrogen and oxygen atoms in total. The summed E-state index contributed by atoms with van der Waals surface area (Å²) in [7, 11) is 1.53. The zero-order valence-corrected chi connectivity index (χ0v) is 16.7. The first-order chi connectivity index (χ1) is 13.4. The minimum absolute atomic E-state index is 0.112. The Balaban J connectivity index is 1.55. The van der Waals surface area contributed by atoms with Crippen LogP contribution in [0.2, 0.25) is 0 Å². The molecule has 0 saturated carbocycles. The number of urea groups is 1. The van der Waals surface area contributed by atoms with Gasteiger partial charge in [0.05, 0.1) is 5.01 Å². The van der Waals surface area contributed by atoms with E-state index in [1.54, 1.807) is 15.2 Å². The summed E-state index contributed by atoms with van der Waals surface area (Å²) >= 11 is 1.45. The first-order valence-electron chi connectivity index (χ1n) is 9.27. The van der Waals surface area contributed by atoms with Crippen molar-refractivity contribution in [3.63, 3.8) is 0 Å². The van der Waals surface area contributed by atoms with Crippen molar-refractivity contribution in [2.75, 3.05) is 20.1 Å². The monoisotopic (exact) mass is 398 g/mol. The van der Waals surface area contributed by atoms with Crippen LogP contribution in [0.4, 0.5) is 4.79 Å². The average Bonchev–Trinajstić information content (AvgIpc) is 3.22. The molecule has 4 rings (SSSR count). The SMILES string of the molecule is Cc1nc(C(=O)N2CCC3(CC2)C(=O)N(C)C(=O)N3Cc2ccccc2)cs1. The summed E-state index contributed by atoms with van der Waals surface area (Å²) in [6, 6.07) is 9.40. The van der Waals surface area contributed by atoms with Crippen molar-refractivity contribution < 1.29 is 14.4 Å². The van der Waals surface area contributed by atoms with Gasteiger partial charge < -0.3 is 9.80 Å². The molecule has 28 heavy (non-hydrogen) atoms. The van der Waals surface area contributed by atoms with Crippen LogP contribution in [-0.2, 0) is 11.3 Å². The van der Waals surface area contributed by atoms with Crippen LogP contribution in [0.25, 0.3) is 0 Å². The van der Waals surface area contributed by atoms with Gasteiger partial charge in [-0.15, -0.1) is 11.3 Å². The Labute approximate surface area is 167 Å². The van der Waals surface area contributed by atoms with Gasteiger partial charge in [0, 0.05) is 32.1 Å². The van der Waals surface area contributed by atoms with Gasteiger partial charge in [0.2, 0.25) is 0 Å². The smallest absolute Gasteiger partial charge is 0.327 e. The number of nitrogens with zero attached hydrogens (tertiary/aromatic N) is 4. The third-order valence-corrected chi connectivity index (χ3v) is 6.41. The van der Waals surface area contributed by atoms with Crippen LogP contribution in [0.1, 0.15) is 33.9 Å². The van der Waals surface area contributed by atoms with Crippen molar-refractivity contribution in [2.24, 2.45) is 0 Å². The molecule has 2 aliphatic rings. The number of carbonyl (C=O) groups excluding carboxylic acids is 3. The van der Waals surface area contributed by atoms with Gasteiger partial charge in [0.15, 0.2) is 0 Å². The van der Waals surface area contributed by atoms with Crippen molar-refractivity contribution in [1.29, 1.82) is 0 Å². The summed E-state index contributed by atoms with van der Waals surface area (Å²) in [6.07, 6.45) is 0.868. The number of aromatic nitrogens is 1. The topological polar surface area (TPSA) is 73.8 Å². The molecule has 3 heterocycles. The van der Waals surface area contributed by atoms with Gasteiger partial charge >= 0.3 is 6.03 Å². The molecule has 8 heteroatoms. The van der Waals surface area contributed by atoms with E-state index in [1.807, 2.05) is 37.3 Å². The van der Waals surface area contributed by atoms with Gasteiger partial charge in [-0.2, -0.15) is 0 Å². The zero-order chi connectivity index (χ0) is 19.9. The normalized spacial score (nSPS) is 19.0. The van der Waals surface area contributed by atoms with E-state index in [0.29, 0.717) is 38.2 Å². The third-order valence-electron chi connectivity index (χ3n) is 5.64. The van der Waals surface area contributed by atoms with Crippen LogP contribution >= 0.6 is 11.3 Å². The number of likely N-dealkylation sites (N-methyl/N-ethyl adjacent to an activating group) is 1. The molecule has 2 aromatic rings. The molecule has 1 aromatic heterocycles. The predicted octanol–water partition coefficient (Wildman–Crippen LogP) is 2.52. The number of amides is 4. The number of hydrogen-bond acceptors (Lipinski definition) is 5. The number of imide groups is 1. The molecule has 2 fully saturated rings. The Bertz CT molecular complexity index is 919. The molecule has 0 unspecified atom stereocenters. The number of piperidine rings is 1. The second kappa shape index (κ2) is 7.01. The molecular weight excluding hydrogens is 376 g/mol. The summed E-state index contributed by atoms with van der Waals surface area (Å²) < 4.78 is 0. The van der Waals surface area contributed by atoms with Crippen LogP contribution in [0.5, 0.6) is 0 Å². The van der Waals surface area contributed by atoms with E-state index in [-0.39, 0.29) is 17.8 Å². The van der Waals surface area contributed by atoms with Crippen LogP contribution < -0.4 is 0 Å². The van der Waals surface area contributed by atoms with Gasteiger partial charge in [-0.25, -0.2) is 9.78 Å². The minimum Gasteiger partial charge on any atom is -0.337 e. The molecule has 1 aromatic carbocycles. The lowest BCUT2D eigenvalue weighted by atomic mass is 9.85. The Morgan fingerprint density at radius 2 is 1.86 bits per heavy atom. The summed E-state index contributed by atoms with van der Waals surface area (Å²) in [5.74, 6) is -0.288. The molecule has 4 amide bonds. The van der Waals surface area contributed by atoms with Crippen molar-refractivity contribution in [1.82, 2.24) is 19.7 Å². The standard InChI is InChI=1S/C20H22N4O3S/c1-14-21-16(13-28-14)17(25)23-10-8-20(9-11-23)18(26)22(2)19(27)24(20)12-15-6-4-3-5-7-15/h3-7,13H,8-12H2,1-2H3. The number of benzene rings is 1. The van der Waals surface area contributed by atoms with Gasteiger partial charge in [-0.05, 0) is 25.3 Å². The molecule has 1 spiro atoms. The number of aryl methyl sites for hydroxylation is 1. The van der Waals surface area contributed by atoms with Crippen LogP contribution in [0.15, 0.2) is 35.7 Å². The largest absolute Gasteiger partial charge is 0.337 e. The number of rotatable bonds is 3. The maximum absolute atomic E-state index is 13.0. The molecule has 0 bridgehead atoms. The van der Waals surface area contributed by atoms with E-state index in [4.69, 9.17) is 0 Å². The van der Waals surface area contributed by atoms with Crippen LogP contribution in [0.3, 0.4) is 0 Å². The second-order valence-corrected chi connectivity index (χ2v) is 8.36. The highest BCUT2D eigenvalue weighted by Crippen LogP contribution is 2.38. The first kappa shape index (κ1) is 18.6. The van der Waals surface area contributed by atoms with Gasteiger partial charge in [0.25, 0.3) is 11.8 Å². The molecule has 2 saturated heterocycles. The maximum atomic E-state index is 13.0. The number of likely N-dealkylation sites (tertiary alicyclic amines) is 1. The lowest BCUT2D eigenvalue weighted by molar-refractivity contribution is -0.134. The van der Waals surface area contributed by atoms with E-state index < -0.39 is 5.54 Å². The summed E-state index contributed by atoms with van der Waals surface area (Å²) in [5, 5.41) is 2.62. The van der Waals surface area contributed by atoms with Gasteiger partial charge in [-0.1, -0.05) is 30.3 Å². The third kappa shape index (κ3) is 2.97. The summed E-state index contributed by atoms with van der Waals surface area (Å²) in [6.45, 7) is 3.10. The quantitative estimate of drug-likeness (QED) is 0.745. The highest BCUT2D eigenvalue weighted by Gasteiger charge is 2.57. The number of hydrogen-bond donors (Lipinski definition) is 0. The zero-order valence-electron chi connectivity index (χ0n) is 15.9. The maximum Gasteiger partial charge on any atom is 0.327 e. The van der Waals surface area contributed by atoms with Crippen molar-refractivity contribution in [3.05, 3.63) is 52.0 Å². The molecule has 0 N–H and O–H groups in total. The van der Waals surface area contributed by atoms with Crippen LogP contribution in [-0.4, -0.2) is 63.2 Å². The minimum atomic E-state index is -0.879. The Hall–Kier alpha value is -2.74. The predicted molar refractivity (Wildman–Crippen MR) is 105 cm³/mol. The molecule has 0 aliphatic carbocycles. The second-order valence-electron chi connectivity index (χ2n) is 7.29. The number of thiazole rings is 1. The Morgan fingerprint density at radius 1 is 1.18 bits per heavy atom. The van der Waals surface area contributed by atoms with E-state index in [1.165, 1.54) is 23.3 Å². The Kier molecular flexibility index (Phi) is 4.66. The molecule has 0 atom stereocenters. The average molecular weight is 398 g/mol. The van der Waals surface area contributed by atoms with Crippen LogP contribution in [0, 0.1) is 6.92 Å². The Morgan fingerprint density at radius 3 is 2.46 bits per heavy atom. The van der Waals surface area contributed by atoms with Crippen molar-refractivity contribution in [2.45, 2.75) is 31.8 Å². The lowest BCUT2D eigenvalue weighted by Crippen LogP contribution is -2.57.